The molecule has 0 aromatic heterocycles. The first kappa shape index (κ1) is 17.9. The molecule has 3 atom stereocenters. The Morgan fingerprint density at radius 1 is 1.24 bits per heavy atom. The molecule has 25 heavy (non-hydrogen) atoms. The second-order valence-corrected chi connectivity index (χ2v) is 6.82. The van der Waals surface area contributed by atoms with Gasteiger partial charge in [-0.2, -0.15) is 0 Å². The van der Waals surface area contributed by atoms with Crippen LogP contribution in [0.5, 0.6) is 0 Å². The fourth-order valence-corrected chi connectivity index (χ4v) is 3.60. The van der Waals surface area contributed by atoms with Crippen molar-refractivity contribution in [2.24, 2.45) is 5.92 Å². The van der Waals surface area contributed by atoms with Crippen LogP contribution in [0, 0.1) is 5.92 Å². The third kappa shape index (κ3) is 4.19. The van der Waals surface area contributed by atoms with Crippen LogP contribution in [0.2, 0.25) is 0 Å². The Morgan fingerprint density at radius 2 is 2.00 bits per heavy atom. The van der Waals surface area contributed by atoms with Crippen LogP contribution >= 0.6 is 0 Å². The average Bonchev–Trinajstić information content (AvgIpc) is 3.00. The molecule has 2 aliphatic rings. The van der Waals surface area contributed by atoms with Crippen LogP contribution in [-0.4, -0.2) is 67.6 Å². The lowest BCUT2D eigenvalue weighted by atomic mass is 10.0. The highest BCUT2D eigenvalue weighted by molar-refractivity contribution is 5.89. The van der Waals surface area contributed by atoms with E-state index >= 15 is 0 Å². The summed E-state index contributed by atoms with van der Waals surface area (Å²) in [5.74, 6) is -0.160. The summed E-state index contributed by atoms with van der Waals surface area (Å²) >= 11 is 0. The van der Waals surface area contributed by atoms with E-state index in [1.807, 2.05) is 42.2 Å². The molecule has 0 saturated carbocycles. The lowest BCUT2D eigenvalue weighted by molar-refractivity contribution is -0.148. The van der Waals surface area contributed by atoms with Gasteiger partial charge in [-0.25, -0.2) is 0 Å². The Labute approximate surface area is 148 Å². The van der Waals surface area contributed by atoms with Crippen molar-refractivity contribution in [3.05, 3.63) is 35.9 Å². The number of amides is 2. The van der Waals surface area contributed by atoms with Gasteiger partial charge in [-0.1, -0.05) is 30.3 Å². The molecule has 0 radical (unpaired) electrons. The van der Waals surface area contributed by atoms with E-state index in [4.69, 9.17) is 9.47 Å². The monoisotopic (exact) mass is 346 g/mol. The third-order valence-electron chi connectivity index (χ3n) is 4.87. The van der Waals surface area contributed by atoms with E-state index in [9.17, 15) is 9.59 Å². The second-order valence-electron chi connectivity index (χ2n) is 6.82. The number of nitrogens with zero attached hydrogens (tertiary/aromatic N) is 2. The van der Waals surface area contributed by atoms with Crippen molar-refractivity contribution in [1.82, 2.24) is 9.80 Å². The molecule has 3 unspecified atom stereocenters. The molecule has 3 rings (SSSR count). The molecule has 2 aliphatic heterocycles. The van der Waals surface area contributed by atoms with Crippen molar-refractivity contribution in [2.45, 2.75) is 25.6 Å². The zero-order valence-corrected chi connectivity index (χ0v) is 14.9. The third-order valence-corrected chi connectivity index (χ3v) is 4.87. The summed E-state index contributed by atoms with van der Waals surface area (Å²) in [6.45, 7) is 4.63. The SMILES string of the molecule is COCCN1CC(C(=O)N2CC(C)OC(c3ccccc3)C2)CC1=O. The predicted octanol–water partition coefficient (Wildman–Crippen LogP) is 1.47. The van der Waals surface area contributed by atoms with Crippen LogP contribution in [0.25, 0.3) is 0 Å². The minimum atomic E-state index is -0.258. The highest BCUT2D eigenvalue weighted by Crippen LogP contribution is 2.28. The van der Waals surface area contributed by atoms with Gasteiger partial charge in [0.2, 0.25) is 11.8 Å². The molecule has 2 saturated heterocycles. The van der Waals surface area contributed by atoms with Crippen LogP contribution in [0.15, 0.2) is 30.3 Å². The van der Waals surface area contributed by atoms with Gasteiger partial charge in [0.15, 0.2) is 0 Å². The van der Waals surface area contributed by atoms with Crippen LogP contribution in [-0.2, 0) is 19.1 Å². The lowest BCUT2D eigenvalue weighted by Gasteiger charge is -2.38. The highest BCUT2D eigenvalue weighted by atomic mass is 16.5. The van der Waals surface area contributed by atoms with Gasteiger partial charge in [0.05, 0.1) is 25.2 Å². The number of hydrogen-bond acceptors (Lipinski definition) is 4. The van der Waals surface area contributed by atoms with E-state index < -0.39 is 0 Å². The summed E-state index contributed by atoms with van der Waals surface area (Å²) in [4.78, 5) is 28.6. The Kier molecular flexibility index (Phi) is 5.71. The predicted molar refractivity (Wildman–Crippen MR) is 92.9 cm³/mol. The van der Waals surface area contributed by atoms with Crippen molar-refractivity contribution in [3.63, 3.8) is 0 Å². The second kappa shape index (κ2) is 7.97. The Bertz CT molecular complexity index is 607. The van der Waals surface area contributed by atoms with Crippen LogP contribution in [0.1, 0.15) is 25.0 Å². The summed E-state index contributed by atoms with van der Waals surface area (Å²) in [7, 11) is 1.61. The average molecular weight is 346 g/mol. The Morgan fingerprint density at radius 3 is 2.72 bits per heavy atom. The van der Waals surface area contributed by atoms with Gasteiger partial charge in [0.1, 0.15) is 6.10 Å². The molecule has 0 bridgehead atoms. The maximum absolute atomic E-state index is 12.9. The smallest absolute Gasteiger partial charge is 0.228 e. The first-order chi connectivity index (χ1) is 12.1. The maximum Gasteiger partial charge on any atom is 0.228 e. The zero-order chi connectivity index (χ0) is 17.8. The summed E-state index contributed by atoms with van der Waals surface area (Å²) in [6, 6.07) is 9.98. The Hall–Kier alpha value is -1.92. The number of carbonyl (C=O) groups excluding carboxylic acids is 2. The largest absolute Gasteiger partial charge is 0.383 e. The number of ether oxygens (including phenoxy) is 2. The molecular weight excluding hydrogens is 320 g/mol. The summed E-state index contributed by atoms with van der Waals surface area (Å²) in [5, 5.41) is 0. The van der Waals surface area contributed by atoms with Gasteiger partial charge in [0, 0.05) is 33.2 Å². The van der Waals surface area contributed by atoms with Crippen molar-refractivity contribution in [3.8, 4) is 0 Å². The Balaban J connectivity index is 1.64. The zero-order valence-electron chi connectivity index (χ0n) is 14.9. The molecule has 1 aromatic rings. The van der Waals surface area contributed by atoms with E-state index in [0.717, 1.165) is 5.56 Å². The van der Waals surface area contributed by atoms with E-state index in [0.29, 0.717) is 39.2 Å². The summed E-state index contributed by atoms with van der Waals surface area (Å²) < 4.78 is 11.1. The van der Waals surface area contributed by atoms with Crippen molar-refractivity contribution >= 4 is 11.8 Å². The highest BCUT2D eigenvalue weighted by Gasteiger charge is 2.38. The molecule has 0 aliphatic carbocycles. The van der Waals surface area contributed by atoms with Gasteiger partial charge in [-0.3, -0.25) is 9.59 Å². The standard InChI is InChI=1S/C19H26N2O4/c1-14-11-21(13-17(25-14)15-6-4-3-5-7-15)19(23)16-10-18(22)20(12-16)8-9-24-2/h3-7,14,16-17H,8-13H2,1-2H3. The quantitative estimate of drug-likeness (QED) is 0.810. The van der Waals surface area contributed by atoms with Gasteiger partial charge in [-0.15, -0.1) is 0 Å². The van der Waals surface area contributed by atoms with Gasteiger partial charge >= 0.3 is 0 Å². The van der Waals surface area contributed by atoms with Crippen molar-refractivity contribution < 1.29 is 19.1 Å². The summed E-state index contributed by atoms with van der Waals surface area (Å²) in [6.07, 6.45) is 0.157. The molecule has 2 amide bonds. The molecule has 0 spiro atoms. The van der Waals surface area contributed by atoms with Crippen LogP contribution in [0.3, 0.4) is 0 Å². The van der Waals surface area contributed by atoms with Crippen LogP contribution in [0.4, 0.5) is 0 Å². The van der Waals surface area contributed by atoms with Crippen molar-refractivity contribution in [1.29, 1.82) is 0 Å². The normalized spacial score (nSPS) is 27.0. The fraction of sp³-hybridized carbons (Fsp3) is 0.579. The molecule has 2 fully saturated rings. The minimum absolute atomic E-state index is 0.0235. The topological polar surface area (TPSA) is 59.1 Å². The van der Waals surface area contributed by atoms with Gasteiger partial charge < -0.3 is 19.3 Å². The van der Waals surface area contributed by atoms with E-state index in [1.165, 1.54) is 0 Å². The number of hydrogen-bond donors (Lipinski definition) is 0. The molecule has 2 heterocycles. The molecule has 1 aromatic carbocycles. The number of morpholine rings is 1. The van der Waals surface area contributed by atoms with E-state index in [2.05, 4.69) is 0 Å². The van der Waals surface area contributed by atoms with Crippen LogP contribution < -0.4 is 0 Å². The molecular formula is C19H26N2O4. The van der Waals surface area contributed by atoms with E-state index in [1.54, 1.807) is 12.0 Å². The maximum atomic E-state index is 12.9. The van der Waals surface area contributed by atoms with Gasteiger partial charge in [0.25, 0.3) is 0 Å². The van der Waals surface area contributed by atoms with Crippen molar-refractivity contribution in [2.75, 3.05) is 39.9 Å². The molecule has 6 nitrogen and oxygen atoms in total. The molecule has 0 N–H and O–H groups in total. The minimum Gasteiger partial charge on any atom is -0.383 e. The van der Waals surface area contributed by atoms with E-state index in [-0.39, 0.29) is 29.9 Å². The summed E-state index contributed by atoms with van der Waals surface area (Å²) in [5.41, 5.74) is 1.08. The molecule has 6 heteroatoms. The first-order valence-electron chi connectivity index (χ1n) is 8.84. The first-order valence-corrected chi connectivity index (χ1v) is 8.84. The number of benzene rings is 1. The van der Waals surface area contributed by atoms with Gasteiger partial charge in [-0.05, 0) is 12.5 Å². The number of carbonyl (C=O) groups is 2. The lowest BCUT2D eigenvalue weighted by Crippen LogP contribution is -2.48. The molecule has 136 valence electrons. The number of likely N-dealkylation sites (tertiary alicyclic amines) is 1. The number of rotatable bonds is 5. The fourth-order valence-electron chi connectivity index (χ4n) is 3.60. The number of methoxy groups -OCH3 is 1.